The molecule has 1 atom stereocenters. The van der Waals surface area contributed by atoms with Gasteiger partial charge >= 0.3 is 0 Å². The van der Waals surface area contributed by atoms with Gasteiger partial charge in [-0.05, 0) is 55.7 Å². The highest BCUT2D eigenvalue weighted by Crippen LogP contribution is 2.28. The molecule has 3 aromatic carbocycles. The summed E-state index contributed by atoms with van der Waals surface area (Å²) in [6, 6.07) is 20.9. The van der Waals surface area contributed by atoms with Crippen LogP contribution in [-0.2, 0) is 32.6 Å². The summed E-state index contributed by atoms with van der Waals surface area (Å²) in [5.41, 5.74) is 2.90. The summed E-state index contributed by atoms with van der Waals surface area (Å²) in [7, 11) is -3.58. The highest BCUT2D eigenvalue weighted by molar-refractivity contribution is 7.92. The zero-order valence-electron chi connectivity index (χ0n) is 22.9. The number of anilines is 1. The van der Waals surface area contributed by atoms with Crippen molar-refractivity contribution < 1.29 is 18.0 Å². The van der Waals surface area contributed by atoms with Crippen molar-refractivity contribution in [2.75, 3.05) is 23.7 Å². The van der Waals surface area contributed by atoms with Gasteiger partial charge in [0.1, 0.15) is 6.04 Å². The molecule has 0 saturated carbocycles. The molecule has 0 aliphatic carbocycles. The van der Waals surface area contributed by atoms with Gasteiger partial charge in [-0.15, -0.1) is 0 Å². The molecule has 10 heteroatoms. The van der Waals surface area contributed by atoms with E-state index in [0.29, 0.717) is 34.3 Å². The van der Waals surface area contributed by atoms with Crippen molar-refractivity contribution in [2.45, 2.75) is 45.7 Å². The first-order valence-electron chi connectivity index (χ1n) is 13.1. The average Bonchev–Trinajstić information content (AvgIpc) is 2.90. The standard InChI is InChI=1S/C30H35Cl2N3O4S/c1-4-33-30(37)28(20-23-12-6-5-7-13-23)34(21-25-26(31)15-9-16-27(25)32)29(36)17-10-18-35(40(3,38)39)24-14-8-11-22(2)19-24/h5-9,11-16,19,28H,4,10,17-18,20-21H2,1-3H3,(H,33,37)/t28-/m0/s1. The largest absolute Gasteiger partial charge is 0.355 e. The highest BCUT2D eigenvalue weighted by atomic mass is 35.5. The SMILES string of the molecule is CCNC(=O)[C@H](Cc1ccccc1)N(Cc1c(Cl)cccc1Cl)C(=O)CCCN(c1cccc(C)c1)S(C)(=O)=O. The van der Waals surface area contributed by atoms with Crippen molar-refractivity contribution in [2.24, 2.45) is 0 Å². The fourth-order valence-electron chi connectivity index (χ4n) is 4.49. The summed E-state index contributed by atoms with van der Waals surface area (Å²) in [4.78, 5) is 28.7. The van der Waals surface area contributed by atoms with E-state index < -0.39 is 16.1 Å². The lowest BCUT2D eigenvalue weighted by molar-refractivity contribution is -0.141. The number of hydrogen-bond acceptors (Lipinski definition) is 4. The van der Waals surface area contributed by atoms with E-state index in [4.69, 9.17) is 23.2 Å². The third-order valence-corrected chi connectivity index (χ3v) is 8.36. The summed E-state index contributed by atoms with van der Waals surface area (Å²) < 4.78 is 26.5. The number of sulfonamides is 1. The number of carbonyl (C=O) groups is 2. The van der Waals surface area contributed by atoms with Crippen molar-refractivity contribution in [1.29, 1.82) is 0 Å². The zero-order valence-corrected chi connectivity index (χ0v) is 25.3. The van der Waals surface area contributed by atoms with E-state index in [9.17, 15) is 18.0 Å². The number of nitrogens with zero attached hydrogens (tertiary/aromatic N) is 2. The van der Waals surface area contributed by atoms with E-state index in [1.807, 2.05) is 50.2 Å². The molecule has 0 fully saturated rings. The molecule has 0 aliphatic rings. The van der Waals surface area contributed by atoms with Gasteiger partial charge in [0, 0.05) is 48.1 Å². The molecule has 0 bridgehead atoms. The Balaban J connectivity index is 1.91. The number of carbonyl (C=O) groups excluding carboxylic acids is 2. The van der Waals surface area contributed by atoms with Crippen LogP contribution in [0.15, 0.2) is 72.8 Å². The van der Waals surface area contributed by atoms with Gasteiger partial charge in [0.25, 0.3) is 0 Å². The lowest BCUT2D eigenvalue weighted by atomic mass is 10.0. The molecule has 3 aromatic rings. The fourth-order valence-corrected chi connectivity index (χ4v) is 5.96. The number of hydrogen-bond donors (Lipinski definition) is 1. The second-order valence-electron chi connectivity index (χ2n) is 9.60. The van der Waals surface area contributed by atoms with Crippen LogP contribution in [0.25, 0.3) is 0 Å². The van der Waals surface area contributed by atoms with Gasteiger partial charge < -0.3 is 10.2 Å². The lowest BCUT2D eigenvalue weighted by Gasteiger charge is -2.32. The monoisotopic (exact) mass is 603 g/mol. The first kappa shape index (κ1) is 31.5. The van der Waals surface area contributed by atoms with Crippen LogP contribution in [0.2, 0.25) is 10.0 Å². The van der Waals surface area contributed by atoms with Crippen LogP contribution in [0.4, 0.5) is 5.69 Å². The van der Waals surface area contributed by atoms with Crippen LogP contribution in [0.1, 0.15) is 36.5 Å². The molecule has 0 radical (unpaired) electrons. The van der Waals surface area contributed by atoms with E-state index in [-0.39, 0.29) is 37.7 Å². The maximum atomic E-state index is 13.8. The van der Waals surface area contributed by atoms with Crippen molar-refractivity contribution in [1.82, 2.24) is 10.2 Å². The number of halogens is 2. The predicted octanol–water partition coefficient (Wildman–Crippen LogP) is 5.62. The van der Waals surface area contributed by atoms with Crippen LogP contribution in [0, 0.1) is 6.92 Å². The number of likely N-dealkylation sites (N-methyl/N-ethyl adjacent to an activating group) is 1. The van der Waals surface area contributed by atoms with Gasteiger partial charge in [0.15, 0.2) is 0 Å². The maximum absolute atomic E-state index is 13.8. The first-order chi connectivity index (χ1) is 19.0. The zero-order chi connectivity index (χ0) is 29.3. The first-order valence-corrected chi connectivity index (χ1v) is 15.7. The summed E-state index contributed by atoms with van der Waals surface area (Å²) in [6.07, 6.45) is 1.71. The van der Waals surface area contributed by atoms with Gasteiger partial charge in [-0.25, -0.2) is 8.42 Å². The Kier molecular flexibility index (Phi) is 11.4. The number of amides is 2. The van der Waals surface area contributed by atoms with E-state index in [2.05, 4.69) is 5.32 Å². The number of benzene rings is 3. The molecule has 1 N–H and O–H groups in total. The van der Waals surface area contributed by atoms with E-state index >= 15 is 0 Å². The molecule has 214 valence electrons. The predicted molar refractivity (Wildman–Crippen MR) is 162 cm³/mol. The third-order valence-electron chi connectivity index (χ3n) is 6.45. The van der Waals surface area contributed by atoms with Gasteiger partial charge in [-0.2, -0.15) is 0 Å². The van der Waals surface area contributed by atoms with E-state index in [1.165, 1.54) is 9.21 Å². The Bertz CT molecular complexity index is 1400. The molecule has 0 aliphatic heterocycles. The van der Waals surface area contributed by atoms with Crippen LogP contribution >= 0.6 is 23.2 Å². The molecule has 3 rings (SSSR count). The van der Waals surface area contributed by atoms with Crippen LogP contribution in [0.3, 0.4) is 0 Å². The lowest BCUT2D eigenvalue weighted by Crippen LogP contribution is -2.50. The summed E-state index contributed by atoms with van der Waals surface area (Å²) in [5, 5.41) is 3.63. The maximum Gasteiger partial charge on any atom is 0.243 e. The van der Waals surface area contributed by atoms with Crippen molar-refractivity contribution in [3.63, 3.8) is 0 Å². The third kappa shape index (κ3) is 8.71. The van der Waals surface area contributed by atoms with Crippen LogP contribution in [0.5, 0.6) is 0 Å². The van der Waals surface area contributed by atoms with Crippen molar-refractivity contribution in [3.8, 4) is 0 Å². The average molecular weight is 605 g/mol. The number of aryl methyl sites for hydroxylation is 1. The van der Waals surface area contributed by atoms with Gasteiger partial charge in [-0.1, -0.05) is 71.7 Å². The Labute approximate surface area is 247 Å². The van der Waals surface area contributed by atoms with Crippen LogP contribution in [-0.4, -0.2) is 50.5 Å². The molecule has 0 saturated heterocycles. The normalized spacial score (nSPS) is 12.0. The molecule has 0 heterocycles. The van der Waals surface area contributed by atoms with Crippen molar-refractivity contribution >= 4 is 50.7 Å². The molecule has 0 unspecified atom stereocenters. The molecule has 2 amide bonds. The number of nitrogens with one attached hydrogen (secondary N) is 1. The van der Waals surface area contributed by atoms with Gasteiger partial charge in [0.2, 0.25) is 21.8 Å². The Morgan fingerprint density at radius 1 is 0.950 bits per heavy atom. The topological polar surface area (TPSA) is 86.8 Å². The van der Waals surface area contributed by atoms with Gasteiger partial charge in [-0.3, -0.25) is 13.9 Å². The molecule has 7 nitrogen and oxygen atoms in total. The number of rotatable bonds is 13. The Hall–Kier alpha value is -3.07. The molecule has 0 aromatic heterocycles. The second-order valence-corrected chi connectivity index (χ2v) is 12.3. The fraction of sp³-hybridized carbons (Fsp3) is 0.333. The summed E-state index contributed by atoms with van der Waals surface area (Å²) in [5.74, 6) is -0.596. The van der Waals surface area contributed by atoms with Crippen molar-refractivity contribution in [3.05, 3.63) is 99.5 Å². The minimum atomic E-state index is -3.58. The molecular weight excluding hydrogens is 569 g/mol. The highest BCUT2D eigenvalue weighted by Gasteiger charge is 2.31. The van der Waals surface area contributed by atoms with Crippen LogP contribution < -0.4 is 9.62 Å². The minimum absolute atomic E-state index is 0.0185. The molecular formula is C30H35Cl2N3O4S. The Morgan fingerprint density at radius 2 is 1.60 bits per heavy atom. The molecule has 0 spiro atoms. The van der Waals surface area contributed by atoms with E-state index in [0.717, 1.165) is 17.4 Å². The second kappa shape index (κ2) is 14.5. The quantitative estimate of drug-likeness (QED) is 0.274. The van der Waals surface area contributed by atoms with Gasteiger partial charge in [0.05, 0.1) is 11.9 Å². The molecule has 40 heavy (non-hydrogen) atoms. The van der Waals surface area contributed by atoms with E-state index in [1.54, 1.807) is 36.4 Å². The Morgan fingerprint density at radius 3 is 2.20 bits per heavy atom. The summed E-state index contributed by atoms with van der Waals surface area (Å²) in [6.45, 7) is 4.25. The summed E-state index contributed by atoms with van der Waals surface area (Å²) >= 11 is 12.9. The minimum Gasteiger partial charge on any atom is -0.355 e. The smallest absolute Gasteiger partial charge is 0.243 e.